The first-order chi connectivity index (χ1) is 14.1. The van der Waals surface area contributed by atoms with E-state index in [-0.39, 0.29) is 18.0 Å². The number of methoxy groups -OCH3 is 1. The molecule has 0 bridgehead atoms. The Bertz CT molecular complexity index is 773. The van der Waals surface area contributed by atoms with Crippen LogP contribution in [-0.4, -0.2) is 45.2 Å². The first-order valence-corrected chi connectivity index (χ1v) is 10.7. The molecule has 1 heterocycles. The molecule has 5 heteroatoms. The molecule has 2 N–H and O–H groups in total. The minimum absolute atomic E-state index is 0.0575. The summed E-state index contributed by atoms with van der Waals surface area (Å²) in [4.78, 5) is 16.7. The van der Waals surface area contributed by atoms with Crippen LogP contribution in [0.5, 0.6) is 5.75 Å². The van der Waals surface area contributed by atoms with Crippen molar-refractivity contribution >= 4 is 11.6 Å². The molecule has 2 atom stereocenters. The number of benzene rings is 2. The van der Waals surface area contributed by atoms with Crippen LogP contribution in [0, 0.1) is 0 Å². The van der Waals surface area contributed by atoms with Crippen LogP contribution in [-0.2, 0) is 4.79 Å². The lowest BCUT2D eigenvalue weighted by Gasteiger charge is -2.36. The Kier molecular flexibility index (Phi) is 7.53. The lowest BCUT2D eigenvalue weighted by atomic mass is 10.0. The standard InChI is InChI=1S/C24H33N3O2/c1-4-10-21(20-11-6-5-7-12-20)25-24(28)19(2)26-15-17-27(18-16-26)22-13-8-9-14-23(22)29-3/h5-9,11-14,19,21H,4,10,15-18H2,1-3H3,(H,25,28)/p+1/t19-,21+/m0/s1. The average molecular weight is 397 g/mol. The molecule has 0 spiro atoms. The third kappa shape index (κ3) is 5.30. The zero-order chi connectivity index (χ0) is 20.6. The highest BCUT2D eigenvalue weighted by Crippen LogP contribution is 2.27. The van der Waals surface area contributed by atoms with Crippen LogP contribution in [0.3, 0.4) is 0 Å². The predicted octanol–water partition coefficient (Wildman–Crippen LogP) is 2.45. The van der Waals surface area contributed by atoms with E-state index in [4.69, 9.17) is 4.74 Å². The van der Waals surface area contributed by atoms with Gasteiger partial charge < -0.3 is 19.9 Å². The van der Waals surface area contributed by atoms with E-state index in [0.717, 1.165) is 50.5 Å². The van der Waals surface area contributed by atoms with Gasteiger partial charge in [0, 0.05) is 0 Å². The summed E-state index contributed by atoms with van der Waals surface area (Å²) in [7, 11) is 1.71. The molecule has 5 nitrogen and oxygen atoms in total. The molecule has 1 aliphatic rings. The number of amides is 1. The molecule has 1 aliphatic heterocycles. The summed E-state index contributed by atoms with van der Waals surface area (Å²) in [6.45, 7) is 7.94. The van der Waals surface area contributed by atoms with Gasteiger partial charge in [-0.1, -0.05) is 55.8 Å². The van der Waals surface area contributed by atoms with Gasteiger partial charge in [0.25, 0.3) is 5.91 Å². The Morgan fingerprint density at radius 3 is 2.41 bits per heavy atom. The summed E-state index contributed by atoms with van der Waals surface area (Å²) in [5.41, 5.74) is 2.32. The smallest absolute Gasteiger partial charge is 0.278 e. The van der Waals surface area contributed by atoms with Crippen molar-refractivity contribution in [2.75, 3.05) is 38.2 Å². The summed E-state index contributed by atoms with van der Waals surface area (Å²) in [5.74, 6) is 1.06. The van der Waals surface area contributed by atoms with Gasteiger partial charge in [-0.05, 0) is 31.0 Å². The Morgan fingerprint density at radius 1 is 1.10 bits per heavy atom. The fraction of sp³-hybridized carbons (Fsp3) is 0.458. The van der Waals surface area contributed by atoms with Crippen LogP contribution < -0.4 is 19.9 Å². The van der Waals surface area contributed by atoms with E-state index in [1.807, 2.05) is 36.4 Å². The maximum absolute atomic E-state index is 13.0. The normalized spacial score (nSPS) is 16.9. The van der Waals surface area contributed by atoms with Gasteiger partial charge in [0.1, 0.15) is 5.75 Å². The zero-order valence-electron chi connectivity index (χ0n) is 17.9. The molecule has 0 aromatic heterocycles. The predicted molar refractivity (Wildman–Crippen MR) is 118 cm³/mol. The van der Waals surface area contributed by atoms with E-state index in [0.29, 0.717) is 0 Å². The summed E-state index contributed by atoms with van der Waals surface area (Å²) < 4.78 is 5.51. The molecular weight excluding hydrogens is 362 g/mol. The van der Waals surface area contributed by atoms with Crippen molar-refractivity contribution in [3.8, 4) is 5.75 Å². The van der Waals surface area contributed by atoms with Crippen molar-refractivity contribution in [3.63, 3.8) is 0 Å². The monoisotopic (exact) mass is 396 g/mol. The number of hydrogen-bond acceptors (Lipinski definition) is 3. The van der Waals surface area contributed by atoms with Crippen LogP contribution in [0.15, 0.2) is 54.6 Å². The van der Waals surface area contributed by atoms with Gasteiger partial charge in [0.2, 0.25) is 0 Å². The largest absolute Gasteiger partial charge is 0.495 e. The van der Waals surface area contributed by atoms with E-state index >= 15 is 0 Å². The molecule has 0 radical (unpaired) electrons. The number of carbonyl (C=O) groups is 1. The highest BCUT2D eigenvalue weighted by atomic mass is 16.5. The Hall–Kier alpha value is -2.53. The van der Waals surface area contributed by atoms with E-state index in [1.54, 1.807) is 7.11 Å². The van der Waals surface area contributed by atoms with Crippen molar-refractivity contribution in [1.29, 1.82) is 0 Å². The SMILES string of the molecule is CCC[C@@H](NC(=O)[C@H](C)[NH+]1CCN(c2ccccc2OC)CC1)c1ccccc1. The molecular formula is C24H34N3O2+. The van der Waals surface area contributed by atoms with Crippen LogP contribution in [0.2, 0.25) is 0 Å². The number of anilines is 1. The lowest BCUT2D eigenvalue weighted by molar-refractivity contribution is -0.914. The van der Waals surface area contributed by atoms with Gasteiger partial charge in [-0.3, -0.25) is 4.79 Å². The van der Waals surface area contributed by atoms with Crippen LogP contribution in [0.4, 0.5) is 5.69 Å². The van der Waals surface area contributed by atoms with E-state index in [2.05, 4.69) is 42.3 Å². The number of nitrogens with one attached hydrogen (secondary N) is 2. The fourth-order valence-corrected chi connectivity index (χ4v) is 4.14. The number of hydrogen-bond donors (Lipinski definition) is 2. The zero-order valence-corrected chi connectivity index (χ0v) is 17.9. The Morgan fingerprint density at radius 2 is 1.76 bits per heavy atom. The van der Waals surface area contributed by atoms with E-state index in [1.165, 1.54) is 10.5 Å². The molecule has 0 saturated carbocycles. The quantitative estimate of drug-likeness (QED) is 0.721. The second-order valence-corrected chi connectivity index (χ2v) is 7.80. The average Bonchev–Trinajstić information content (AvgIpc) is 2.79. The molecule has 0 unspecified atom stereocenters. The number of rotatable bonds is 8. The van der Waals surface area contributed by atoms with E-state index in [9.17, 15) is 4.79 Å². The minimum Gasteiger partial charge on any atom is -0.495 e. The molecule has 1 amide bonds. The second kappa shape index (κ2) is 10.3. The lowest BCUT2D eigenvalue weighted by Crippen LogP contribution is -3.19. The summed E-state index contributed by atoms with van der Waals surface area (Å²) in [6.07, 6.45) is 2.00. The molecule has 0 aliphatic carbocycles. The second-order valence-electron chi connectivity index (χ2n) is 7.80. The number of piperazine rings is 1. The van der Waals surface area contributed by atoms with Gasteiger partial charge in [0.15, 0.2) is 6.04 Å². The van der Waals surface area contributed by atoms with Crippen LogP contribution in [0.1, 0.15) is 38.3 Å². The van der Waals surface area contributed by atoms with Crippen molar-refractivity contribution in [2.24, 2.45) is 0 Å². The third-order valence-corrected chi connectivity index (χ3v) is 5.93. The maximum Gasteiger partial charge on any atom is 0.278 e. The molecule has 1 saturated heterocycles. The van der Waals surface area contributed by atoms with Crippen molar-refractivity contribution in [2.45, 2.75) is 38.8 Å². The highest BCUT2D eigenvalue weighted by Gasteiger charge is 2.31. The molecule has 2 aromatic rings. The maximum atomic E-state index is 13.0. The first kappa shape index (κ1) is 21.2. The van der Waals surface area contributed by atoms with Crippen LogP contribution in [0.25, 0.3) is 0 Å². The number of quaternary nitrogens is 1. The van der Waals surface area contributed by atoms with Crippen molar-refractivity contribution in [1.82, 2.24) is 5.32 Å². The van der Waals surface area contributed by atoms with Crippen molar-refractivity contribution < 1.29 is 14.4 Å². The fourth-order valence-electron chi connectivity index (χ4n) is 4.14. The minimum atomic E-state index is -0.0575. The summed E-state index contributed by atoms with van der Waals surface area (Å²) in [6, 6.07) is 18.5. The Labute approximate surface area is 174 Å². The van der Waals surface area contributed by atoms with Gasteiger partial charge in [0.05, 0.1) is 45.0 Å². The van der Waals surface area contributed by atoms with Gasteiger partial charge in [-0.25, -0.2) is 0 Å². The van der Waals surface area contributed by atoms with Gasteiger partial charge >= 0.3 is 0 Å². The number of nitrogens with zero attached hydrogens (tertiary/aromatic N) is 1. The highest BCUT2D eigenvalue weighted by molar-refractivity contribution is 5.80. The number of carbonyl (C=O) groups excluding carboxylic acids is 1. The molecule has 29 heavy (non-hydrogen) atoms. The number of ether oxygens (including phenoxy) is 1. The first-order valence-electron chi connectivity index (χ1n) is 10.7. The topological polar surface area (TPSA) is 46.0 Å². The van der Waals surface area contributed by atoms with Gasteiger partial charge in [-0.2, -0.15) is 0 Å². The number of para-hydroxylation sites is 2. The summed E-state index contributed by atoms with van der Waals surface area (Å²) in [5, 5.41) is 3.30. The molecule has 156 valence electrons. The van der Waals surface area contributed by atoms with Crippen molar-refractivity contribution in [3.05, 3.63) is 60.2 Å². The van der Waals surface area contributed by atoms with E-state index < -0.39 is 0 Å². The molecule has 3 rings (SSSR count). The molecule has 1 fully saturated rings. The van der Waals surface area contributed by atoms with Crippen LogP contribution >= 0.6 is 0 Å². The Balaban J connectivity index is 1.58. The molecule has 2 aromatic carbocycles. The third-order valence-electron chi connectivity index (χ3n) is 5.93. The van der Waals surface area contributed by atoms with Gasteiger partial charge in [-0.15, -0.1) is 0 Å². The summed E-state index contributed by atoms with van der Waals surface area (Å²) >= 11 is 0.